The van der Waals surface area contributed by atoms with Crippen molar-refractivity contribution in [2.75, 3.05) is 32.8 Å². The van der Waals surface area contributed by atoms with Crippen LogP contribution in [0.1, 0.15) is 22.8 Å². The Hall–Kier alpha value is -1.43. The number of rotatable bonds is 6. The van der Waals surface area contributed by atoms with Gasteiger partial charge in [-0.15, -0.1) is 0 Å². The van der Waals surface area contributed by atoms with Crippen molar-refractivity contribution in [3.8, 4) is 0 Å². The lowest BCUT2D eigenvalue weighted by Gasteiger charge is -2.29. The quantitative estimate of drug-likeness (QED) is 0.799. The number of nitrogens with two attached hydrogens (primary N) is 1. The van der Waals surface area contributed by atoms with E-state index >= 15 is 0 Å². The number of carbonyl (C=O) groups excluding carboxylic acids is 1. The highest BCUT2D eigenvalue weighted by molar-refractivity contribution is 5.94. The molecule has 1 amide bonds. The van der Waals surface area contributed by atoms with Crippen LogP contribution in [0.3, 0.4) is 0 Å². The fourth-order valence-electron chi connectivity index (χ4n) is 2.43. The number of ether oxygens (including phenoxy) is 1. The molecule has 1 atom stereocenters. The van der Waals surface area contributed by atoms with Crippen LogP contribution in [0.5, 0.6) is 0 Å². The summed E-state index contributed by atoms with van der Waals surface area (Å²) >= 11 is 0. The maximum absolute atomic E-state index is 11.4. The van der Waals surface area contributed by atoms with Gasteiger partial charge in [-0.05, 0) is 18.6 Å². The highest BCUT2D eigenvalue weighted by atomic mass is 16.5. The first kappa shape index (κ1) is 15.0. The molecular weight excluding hydrogens is 254 g/mol. The summed E-state index contributed by atoms with van der Waals surface area (Å²) in [4.78, 5) is 13.7. The molecule has 1 aliphatic heterocycles. The summed E-state index contributed by atoms with van der Waals surface area (Å²) in [5.74, 6) is -0.372. The van der Waals surface area contributed by atoms with Crippen molar-refractivity contribution in [3.63, 3.8) is 0 Å². The molecule has 1 aromatic rings. The van der Waals surface area contributed by atoms with Crippen molar-refractivity contribution < 1.29 is 9.53 Å². The predicted molar refractivity (Wildman–Crippen MR) is 78.5 cm³/mol. The zero-order valence-corrected chi connectivity index (χ0v) is 12.0. The number of hydrogen-bond acceptors (Lipinski definition) is 4. The molecule has 1 heterocycles. The van der Waals surface area contributed by atoms with Crippen LogP contribution in [0.2, 0.25) is 0 Å². The molecule has 0 aliphatic carbocycles. The average molecular weight is 277 g/mol. The number of benzene rings is 1. The Morgan fingerprint density at radius 3 is 2.80 bits per heavy atom. The van der Waals surface area contributed by atoms with E-state index in [0.29, 0.717) is 18.2 Å². The van der Waals surface area contributed by atoms with Crippen LogP contribution >= 0.6 is 0 Å². The van der Waals surface area contributed by atoms with Gasteiger partial charge in [0.05, 0.1) is 13.2 Å². The number of hydrogen-bond donors (Lipinski definition) is 2. The summed E-state index contributed by atoms with van der Waals surface area (Å²) in [5.41, 5.74) is 6.93. The molecule has 0 aromatic heterocycles. The van der Waals surface area contributed by atoms with Gasteiger partial charge in [-0.1, -0.05) is 18.2 Å². The van der Waals surface area contributed by atoms with Gasteiger partial charge in [0.15, 0.2) is 0 Å². The van der Waals surface area contributed by atoms with Crippen LogP contribution in [0.4, 0.5) is 0 Å². The Kier molecular flexibility index (Phi) is 5.52. The second-order valence-electron chi connectivity index (χ2n) is 5.22. The van der Waals surface area contributed by atoms with E-state index in [9.17, 15) is 4.79 Å². The van der Waals surface area contributed by atoms with E-state index in [1.54, 1.807) is 6.07 Å². The summed E-state index contributed by atoms with van der Waals surface area (Å²) in [6, 6.07) is 7.83. The minimum absolute atomic E-state index is 0.356. The molecule has 1 saturated heterocycles. The zero-order chi connectivity index (χ0) is 14.4. The molecule has 3 N–H and O–H groups in total. The smallest absolute Gasteiger partial charge is 0.249 e. The van der Waals surface area contributed by atoms with Crippen LogP contribution in [0.15, 0.2) is 24.3 Å². The molecule has 1 aromatic carbocycles. The molecule has 1 unspecified atom stereocenters. The molecular formula is C15H23N3O2. The van der Waals surface area contributed by atoms with E-state index in [0.717, 1.165) is 38.4 Å². The first-order chi connectivity index (χ1) is 9.66. The molecule has 20 heavy (non-hydrogen) atoms. The van der Waals surface area contributed by atoms with Gasteiger partial charge in [-0.2, -0.15) is 0 Å². The lowest BCUT2D eigenvalue weighted by atomic mass is 10.1. The summed E-state index contributed by atoms with van der Waals surface area (Å²) < 4.78 is 5.34. The Balaban J connectivity index is 1.83. The number of primary amides is 1. The Labute approximate surface area is 120 Å². The first-order valence-electron chi connectivity index (χ1n) is 7.08. The van der Waals surface area contributed by atoms with Crippen molar-refractivity contribution in [1.29, 1.82) is 0 Å². The van der Waals surface area contributed by atoms with E-state index in [1.807, 2.05) is 18.2 Å². The van der Waals surface area contributed by atoms with Crippen LogP contribution < -0.4 is 11.1 Å². The maximum atomic E-state index is 11.4. The summed E-state index contributed by atoms with van der Waals surface area (Å²) in [7, 11) is 0. The topological polar surface area (TPSA) is 67.6 Å². The van der Waals surface area contributed by atoms with Gasteiger partial charge in [0.2, 0.25) is 5.91 Å². The fourth-order valence-corrected chi connectivity index (χ4v) is 2.43. The second kappa shape index (κ2) is 7.38. The molecule has 0 radical (unpaired) electrons. The lowest BCUT2D eigenvalue weighted by molar-refractivity contribution is 0.0343. The van der Waals surface area contributed by atoms with E-state index in [-0.39, 0.29) is 5.91 Å². The SMILES string of the molecule is CC(CN1CCOCC1)NCc1ccccc1C(N)=O. The standard InChI is InChI=1S/C15H23N3O2/c1-12(11-18-6-8-20-9-7-18)17-10-13-4-2-3-5-14(13)15(16)19/h2-5,12,17H,6-11H2,1H3,(H2,16,19). The third-order valence-electron chi connectivity index (χ3n) is 3.56. The normalized spacial score (nSPS) is 17.9. The van der Waals surface area contributed by atoms with Gasteiger partial charge in [-0.25, -0.2) is 0 Å². The molecule has 5 nitrogen and oxygen atoms in total. The number of nitrogens with one attached hydrogen (secondary N) is 1. The highest BCUT2D eigenvalue weighted by Crippen LogP contribution is 2.08. The van der Waals surface area contributed by atoms with E-state index in [1.165, 1.54) is 0 Å². The molecule has 5 heteroatoms. The van der Waals surface area contributed by atoms with Crippen LogP contribution in [-0.4, -0.2) is 49.7 Å². The van der Waals surface area contributed by atoms with E-state index in [4.69, 9.17) is 10.5 Å². The van der Waals surface area contributed by atoms with Gasteiger partial charge in [0, 0.05) is 37.8 Å². The third-order valence-corrected chi connectivity index (χ3v) is 3.56. The fraction of sp³-hybridized carbons (Fsp3) is 0.533. The summed E-state index contributed by atoms with van der Waals surface area (Å²) in [6.07, 6.45) is 0. The maximum Gasteiger partial charge on any atom is 0.249 e. The first-order valence-corrected chi connectivity index (χ1v) is 7.08. The van der Waals surface area contributed by atoms with Crippen molar-refractivity contribution in [2.24, 2.45) is 5.73 Å². The van der Waals surface area contributed by atoms with Crippen LogP contribution in [-0.2, 0) is 11.3 Å². The average Bonchev–Trinajstić information content (AvgIpc) is 2.46. The molecule has 0 spiro atoms. The predicted octanol–water partition coefficient (Wildman–Crippen LogP) is 0.596. The lowest BCUT2D eigenvalue weighted by Crippen LogP contribution is -2.44. The van der Waals surface area contributed by atoms with Gasteiger partial charge in [0.25, 0.3) is 0 Å². The van der Waals surface area contributed by atoms with Gasteiger partial charge in [-0.3, -0.25) is 9.69 Å². The second-order valence-corrected chi connectivity index (χ2v) is 5.22. The molecule has 0 bridgehead atoms. The van der Waals surface area contributed by atoms with Gasteiger partial charge >= 0.3 is 0 Å². The minimum Gasteiger partial charge on any atom is -0.379 e. The van der Waals surface area contributed by atoms with Crippen molar-refractivity contribution >= 4 is 5.91 Å². The number of nitrogens with zero attached hydrogens (tertiary/aromatic N) is 1. The molecule has 0 saturated carbocycles. The molecule has 1 aliphatic rings. The van der Waals surface area contributed by atoms with E-state index in [2.05, 4.69) is 17.1 Å². The van der Waals surface area contributed by atoms with Crippen molar-refractivity contribution in [2.45, 2.75) is 19.5 Å². The Morgan fingerprint density at radius 2 is 2.10 bits per heavy atom. The minimum atomic E-state index is -0.372. The highest BCUT2D eigenvalue weighted by Gasteiger charge is 2.14. The van der Waals surface area contributed by atoms with Crippen LogP contribution in [0.25, 0.3) is 0 Å². The molecule has 2 rings (SSSR count). The van der Waals surface area contributed by atoms with Crippen molar-refractivity contribution in [3.05, 3.63) is 35.4 Å². The molecule has 1 fully saturated rings. The Bertz CT molecular complexity index is 444. The zero-order valence-electron chi connectivity index (χ0n) is 12.0. The molecule has 110 valence electrons. The van der Waals surface area contributed by atoms with Crippen LogP contribution in [0, 0.1) is 0 Å². The van der Waals surface area contributed by atoms with E-state index < -0.39 is 0 Å². The number of carbonyl (C=O) groups is 1. The Morgan fingerprint density at radius 1 is 1.40 bits per heavy atom. The van der Waals surface area contributed by atoms with Crippen molar-refractivity contribution in [1.82, 2.24) is 10.2 Å². The number of morpholine rings is 1. The third kappa shape index (κ3) is 4.30. The largest absolute Gasteiger partial charge is 0.379 e. The summed E-state index contributed by atoms with van der Waals surface area (Å²) in [6.45, 7) is 7.41. The van der Waals surface area contributed by atoms with Gasteiger partial charge in [0.1, 0.15) is 0 Å². The summed E-state index contributed by atoms with van der Waals surface area (Å²) in [5, 5.41) is 3.45. The monoisotopic (exact) mass is 277 g/mol. The number of amides is 1. The van der Waals surface area contributed by atoms with Gasteiger partial charge < -0.3 is 15.8 Å².